The van der Waals surface area contributed by atoms with Gasteiger partial charge in [-0.1, -0.05) is 29.8 Å². The Hall–Kier alpha value is -1.35. The minimum Gasteiger partial charge on any atom is -0.388 e. The van der Waals surface area contributed by atoms with Gasteiger partial charge in [0.1, 0.15) is 0 Å². The molecule has 1 fully saturated rings. The van der Waals surface area contributed by atoms with Crippen LogP contribution >= 0.6 is 0 Å². The van der Waals surface area contributed by atoms with Gasteiger partial charge >= 0.3 is 0 Å². The van der Waals surface area contributed by atoms with Gasteiger partial charge in [0.25, 0.3) is 0 Å². The van der Waals surface area contributed by atoms with E-state index in [0.29, 0.717) is 13.0 Å². The van der Waals surface area contributed by atoms with Gasteiger partial charge in [0.15, 0.2) is 0 Å². The first kappa shape index (κ1) is 14.1. The molecule has 2 unspecified atom stereocenters. The summed E-state index contributed by atoms with van der Waals surface area (Å²) in [4.78, 5) is 13.9. The second-order valence-corrected chi connectivity index (χ2v) is 6.49. The molecule has 3 nitrogen and oxygen atoms in total. The molecule has 0 aliphatic carbocycles. The fourth-order valence-electron chi connectivity index (χ4n) is 2.63. The quantitative estimate of drug-likeness (QED) is 0.889. The highest BCUT2D eigenvalue weighted by molar-refractivity contribution is 5.79. The number of nitrogens with zero attached hydrogens (tertiary/aromatic N) is 1. The number of likely N-dealkylation sites (tertiary alicyclic amines) is 1. The molecular weight excluding hydrogens is 238 g/mol. The van der Waals surface area contributed by atoms with Gasteiger partial charge in [0.2, 0.25) is 5.91 Å². The number of amides is 1. The number of aliphatic hydroxyl groups excluding tert-OH is 1. The van der Waals surface area contributed by atoms with E-state index in [1.54, 1.807) is 0 Å². The van der Waals surface area contributed by atoms with Gasteiger partial charge in [-0.15, -0.1) is 0 Å². The maximum absolute atomic E-state index is 12.0. The van der Waals surface area contributed by atoms with E-state index in [-0.39, 0.29) is 17.4 Å². The molecule has 1 amide bonds. The van der Waals surface area contributed by atoms with Crippen LogP contribution in [0.3, 0.4) is 0 Å². The van der Waals surface area contributed by atoms with E-state index in [4.69, 9.17) is 0 Å². The number of hydrogen-bond donors (Lipinski definition) is 1. The Balaban J connectivity index is 2.12. The maximum atomic E-state index is 12.0. The van der Waals surface area contributed by atoms with Crippen LogP contribution in [0.15, 0.2) is 24.3 Å². The molecule has 3 heteroatoms. The molecule has 1 aromatic rings. The SMILES string of the molecule is Cc1ccc(C(O)C2CC(=O)N(C(C)(C)C)C2)cc1. The lowest BCUT2D eigenvalue weighted by Crippen LogP contribution is -2.42. The van der Waals surface area contributed by atoms with Gasteiger partial charge < -0.3 is 10.0 Å². The van der Waals surface area contributed by atoms with Crippen LogP contribution in [0.2, 0.25) is 0 Å². The zero-order valence-electron chi connectivity index (χ0n) is 12.2. The van der Waals surface area contributed by atoms with E-state index in [1.807, 2.05) is 56.9 Å². The number of hydrogen-bond acceptors (Lipinski definition) is 2. The van der Waals surface area contributed by atoms with E-state index in [1.165, 1.54) is 5.56 Å². The minimum absolute atomic E-state index is 0.00516. The molecule has 0 spiro atoms. The Morgan fingerprint density at radius 2 is 1.84 bits per heavy atom. The molecule has 0 saturated carbocycles. The Bertz CT molecular complexity index is 459. The molecule has 1 saturated heterocycles. The maximum Gasteiger partial charge on any atom is 0.223 e. The Morgan fingerprint density at radius 1 is 1.26 bits per heavy atom. The van der Waals surface area contributed by atoms with Crippen molar-refractivity contribution in [3.05, 3.63) is 35.4 Å². The topological polar surface area (TPSA) is 40.5 Å². The van der Waals surface area contributed by atoms with Crippen molar-refractivity contribution in [2.24, 2.45) is 5.92 Å². The monoisotopic (exact) mass is 261 g/mol. The van der Waals surface area contributed by atoms with Gasteiger partial charge in [-0.25, -0.2) is 0 Å². The summed E-state index contributed by atoms with van der Waals surface area (Å²) in [7, 11) is 0. The van der Waals surface area contributed by atoms with Crippen LogP contribution in [-0.2, 0) is 4.79 Å². The molecule has 19 heavy (non-hydrogen) atoms. The van der Waals surface area contributed by atoms with Crippen LogP contribution in [0.4, 0.5) is 0 Å². The molecule has 0 aromatic heterocycles. The number of carbonyl (C=O) groups excluding carboxylic acids is 1. The first-order valence-electron chi connectivity index (χ1n) is 6.84. The molecular formula is C16H23NO2. The predicted molar refractivity (Wildman–Crippen MR) is 75.7 cm³/mol. The molecule has 1 heterocycles. The van der Waals surface area contributed by atoms with Crippen molar-refractivity contribution in [2.45, 2.75) is 45.8 Å². The Labute approximate surface area is 115 Å². The van der Waals surface area contributed by atoms with Crippen LogP contribution in [-0.4, -0.2) is 28.0 Å². The summed E-state index contributed by atoms with van der Waals surface area (Å²) in [6.07, 6.45) is -0.122. The lowest BCUT2D eigenvalue weighted by molar-refractivity contribution is -0.131. The van der Waals surface area contributed by atoms with Crippen molar-refractivity contribution >= 4 is 5.91 Å². The lowest BCUT2D eigenvalue weighted by atomic mass is 9.94. The summed E-state index contributed by atoms with van der Waals surface area (Å²) < 4.78 is 0. The molecule has 2 rings (SSSR count). The van der Waals surface area contributed by atoms with Gasteiger partial charge in [-0.05, 0) is 33.3 Å². The Kier molecular flexibility index (Phi) is 3.68. The van der Waals surface area contributed by atoms with Crippen LogP contribution in [0, 0.1) is 12.8 Å². The number of benzene rings is 1. The fourth-order valence-corrected chi connectivity index (χ4v) is 2.63. The smallest absolute Gasteiger partial charge is 0.223 e. The second kappa shape index (κ2) is 4.97. The lowest BCUT2D eigenvalue weighted by Gasteiger charge is -2.32. The average molecular weight is 261 g/mol. The van der Waals surface area contributed by atoms with Gasteiger partial charge in [-0.3, -0.25) is 4.79 Å². The number of rotatable bonds is 2. The summed E-state index contributed by atoms with van der Waals surface area (Å²) in [5.41, 5.74) is 1.91. The summed E-state index contributed by atoms with van der Waals surface area (Å²) >= 11 is 0. The average Bonchev–Trinajstić information content (AvgIpc) is 2.71. The first-order valence-corrected chi connectivity index (χ1v) is 6.84. The van der Waals surface area contributed by atoms with E-state index in [2.05, 4.69) is 0 Å². The molecule has 1 N–H and O–H groups in total. The summed E-state index contributed by atoms with van der Waals surface area (Å²) in [6, 6.07) is 7.89. The molecule has 1 aliphatic rings. The van der Waals surface area contributed by atoms with Crippen LogP contribution in [0.1, 0.15) is 44.4 Å². The third-order valence-corrected chi connectivity index (χ3v) is 3.83. The normalized spacial score (nSPS) is 21.8. The van der Waals surface area contributed by atoms with Gasteiger partial charge in [-0.2, -0.15) is 0 Å². The largest absolute Gasteiger partial charge is 0.388 e. The van der Waals surface area contributed by atoms with Crippen molar-refractivity contribution in [2.75, 3.05) is 6.54 Å². The van der Waals surface area contributed by atoms with E-state index < -0.39 is 6.10 Å². The van der Waals surface area contributed by atoms with Crippen molar-refractivity contribution in [3.63, 3.8) is 0 Å². The summed E-state index contributed by atoms with van der Waals surface area (Å²) in [6.45, 7) is 8.76. The first-order chi connectivity index (χ1) is 8.79. The third kappa shape index (κ3) is 2.98. The van der Waals surface area contributed by atoms with Crippen molar-refractivity contribution in [1.82, 2.24) is 4.90 Å². The highest BCUT2D eigenvalue weighted by atomic mass is 16.3. The van der Waals surface area contributed by atoms with Crippen molar-refractivity contribution in [3.8, 4) is 0 Å². The third-order valence-electron chi connectivity index (χ3n) is 3.83. The highest BCUT2D eigenvalue weighted by Gasteiger charge is 2.39. The van der Waals surface area contributed by atoms with Crippen molar-refractivity contribution in [1.29, 1.82) is 0 Å². The number of aliphatic hydroxyl groups is 1. The molecule has 104 valence electrons. The van der Waals surface area contributed by atoms with Crippen molar-refractivity contribution < 1.29 is 9.90 Å². The molecule has 0 bridgehead atoms. The standard InChI is InChI=1S/C16H23NO2/c1-11-5-7-12(8-6-11)15(19)13-9-14(18)17(10-13)16(2,3)4/h5-8,13,15,19H,9-10H2,1-4H3. The van der Waals surface area contributed by atoms with Crippen LogP contribution in [0.25, 0.3) is 0 Å². The molecule has 1 aromatic carbocycles. The van der Waals surface area contributed by atoms with E-state index in [9.17, 15) is 9.90 Å². The van der Waals surface area contributed by atoms with Crippen LogP contribution < -0.4 is 0 Å². The minimum atomic E-state index is -0.558. The molecule has 2 atom stereocenters. The summed E-state index contributed by atoms with van der Waals surface area (Å²) in [5, 5.41) is 10.4. The number of carbonyl (C=O) groups is 1. The fraction of sp³-hybridized carbons (Fsp3) is 0.562. The second-order valence-electron chi connectivity index (χ2n) is 6.49. The molecule has 1 aliphatic heterocycles. The summed E-state index contributed by atoms with van der Waals surface area (Å²) in [5.74, 6) is 0.137. The zero-order chi connectivity index (χ0) is 14.2. The van der Waals surface area contributed by atoms with Crippen LogP contribution in [0.5, 0.6) is 0 Å². The van der Waals surface area contributed by atoms with E-state index >= 15 is 0 Å². The van der Waals surface area contributed by atoms with Gasteiger partial charge in [0.05, 0.1) is 6.10 Å². The Morgan fingerprint density at radius 3 is 2.32 bits per heavy atom. The van der Waals surface area contributed by atoms with Gasteiger partial charge in [0, 0.05) is 24.4 Å². The highest BCUT2D eigenvalue weighted by Crippen LogP contribution is 2.34. The zero-order valence-corrected chi connectivity index (χ0v) is 12.2. The number of aryl methyl sites for hydroxylation is 1. The molecule has 0 radical (unpaired) electrons. The van der Waals surface area contributed by atoms with E-state index in [0.717, 1.165) is 5.56 Å². The predicted octanol–water partition coefficient (Wildman–Crippen LogP) is 2.68.